The average molecular weight is 254 g/mol. The Kier molecular flexibility index (Phi) is 4.35. The van der Waals surface area contributed by atoms with Crippen LogP contribution in [-0.4, -0.2) is 27.1 Å². The van der Waals surface area contributed by atoms with Crippen molar-refractivity contribution in [3.8, 4) is 0 Å². The molecule has 0 aromatic heterocycles. The molecule has 18 heavy (non-hydrogen) atoms. The van der Waals surface area contributed by atoms with Crippen molar-refractivity contribution < 1.29 is 19.9 Å². The number of carbonyl (C=O) groups excluding carboxylic acids is 1. The number of nitrogens with zero attached hydrogens (tertiary/aromatic N) is 1. The van der Waals surface area contributed by atoms with E-state index in [1.54, 1.807) is 0 Å². The van der Waals surface area contributed by atoms with E-state index in [0.29, 0.717) is 0 Å². The monoisotopic (exact) mass is 254 g/mol. The number of aliphatic hydroxyl groups excluding tert-OH is 2. The summed E-state index contributed by atoms with van der Waals surface area (Å²) in [5.41, 5.74) is 5.21. The van der Waals surface area contributed by atoms with E-state index in [9.17, 15) is 25.1 Å². The Morgan fingerprint density at radius 1 is 1.50 bits per heavy atom. The third-order valence-electron chi connectivity index (χ3n) is 2.64. The largest absolute Gasteiger partial charge is 0.390 e. The Hall–Kier alpha value is -1.99. The predicted molar refractivity (Wildman–Crippen MR) is 62.6 cm³/mol. The van der Waals surface area contributed by atoms with Gasteiger partial charge in [0.2, 0.25) is 5.91 Å². The van der Waals surface area contributed by atoms with Crippen molar-refractivity contribution in [2.45, 2.75) is 25.6 Å². The van der Waals surface area contributed by atoms with Crippen LogP contribution in [0.1, 0.15) is 23.7 Å². The van der Waals surface area contributed by atoms with E-state index < -0.39 is 29.5 Å². The number of rotatable bonds is 5. The van der Waals surface area contributed by atoms with Crippen LogP contribution >= 0.6 is 0 Å². The Morgan fingerprint density at radius 3 is 2.61 bits per heavy atom. The van der Waals surface area contributed by atoms with E-state index in [2.05, 4.69) is 0 Å². The topological polar surface area (TPSA) is 127 Å². The van der Waals surface area contributed by atoms with Crippen LogP contribution in [0.2, 0.25) is 0 Å². The molecule has 0 bridgehead atoms. The van der Waals surface area contributed by atoms with Gasteiger partial charge in [0.1, 0.15) is 6.10 Å². The van der Waals surface area contributed by atoms with Crippen LogP contribution in [0, 0.1) is 17.0 Å². The molecular weight excluding hydrogens is 240 g/mol. The lowest BCUT2D eigenvalue weighted by Gasteiger charge is -2.18. The minimum Gasteiger partial charge on any atom is -0.390 e. The van der Waals surface area contributed by atoms with Gasteiger partial charge in [0.05, 0.1) is 17.4 Å². The van der Waals surface area contributed by atoms with Crippen LogP contribution in [0.15, 0.2) is 18.2 Å². The lowest BCUT2D eigenvalue weighted by atomic mass is 9.96. The lowest BCUT2D eigenvalue weighted by molar-refractivity contribution is -0.385. The van der Waals surface area contributed by atoms with Crippen molar-refractivity contribution >= 4 is 11.6 Å². The Balaban J connectivity index is 3.06. The number of nitrogens with two attached hydrogens (primary N) is 1. The smallest absolute Gasteiger partial charge is 0.272 e. The highest BCUT2D eigenvalue weighted by Gasteiger charge is 2.24. The summed E-state index contributed by atoms with van der Waals surface area (Å²) >= 11 is 0. The third-order valence-corrected chi connectivity index (χ3v) is 2.64. The maximum absolute atomic E-state index is 10.7. The standard InChI is InChI=1S/C11H14N2O5/c1-6-7(3-2-4-8(6)13(17)18)11(16)9(14)5-10(12)15/h2-4,9,11,14,16H,5H2,1H3,(H2,12,15). The van der Waals surface area contributed by atoms with Crippen LogP contribution in [0.3, 0.4) is 0 Å². The molecule has 1 amide bonds. The van der Waals surface area contributed by atoms with Gasteiger partial charge in [-0.1, -0.05) is 12.1 Å². The van der Waals surface area contributed by atoms with Gasteiger partial charge in [-0.05, 0) is 12.5 Å². The predicted octanol–water partition coefficient (Wildman–Crippen LogP) is 0.173. The molecule has 0 aliphatic heterocycles. The Bertz CT molecular complexity index is 475. The highest BCUT2D eigenvalue weighted by atomic mass is 16.6. The molecule has 7 heteroatoms. The van der Waals surface area contributed by atoms with Crippen LogP contribution in [0.5, 0.6) is 0 Å². The van der Waals surface area contributed by atoms with E-state index >= 15 is 0 Å². The van der Waals surface area contributed by atoms with Crippen LogP contribution < -0.4 is 5.73 Å². The molecule has 2 atom stereocenters. The highest BCUT2D eigenvalue weighted by Crippen LogP contribution is 2.28. The molecule has 2 unspecified atom stereocenters. The normalized spacial score (nSPS) is 13.9. The first kappa shape index (κ1) is 14.1. The van der Waals surface area contributed by atoms with Gasteiger partial charge in [-0.25, -0.2) is 0 Å². The average Bonchev–Trinajstić information content (AvgIpc) is 2.27. The van der Waals surface area contributed by atoms with E-state index in [0.717, 1.165) is 0 Å². The van der Waals surface area contributed by atoms with Crippen molar-refractivity contribution in [3.05, 3.63) is 39.4 Å². The number of hydrogen-bond acceptors (Lipinski definition) is 5. The summed E-state index contributed by atoms with van der Waals surface area (Å²) in [7, 11) is 0. The van der Waals surface area contributed by atoms with Gasteiger partial charge < -0.3 is 15.9 Å². The first-order chi connectivity index (χ1) is 8.34. The SMILES string of the molecule is Cc1c(C(O)C(O)CC(N)=O)cccc1[N+](=O)[O-]. The summed E-state index contributed by atoms with van der Waals surface area (Å²) in [6.07, 6.45) is -3.19. The van der Waals surface area contributed by atoms with Crippen LogP contribution in [-0.2, 0) is 4.79 Å². The number of nitro groups is 1. The summed E-state index contributed by atoms with van der Waals surface area (Å²) in [5, 5.41) is 30.2. The maximum atomic E-state index is 10.7. The number of primary amides is 1. The number of hydrogen-bond donors (Lipinski definition) is 3. The van der Waals surface area contributed by atoms with E-state index in [4.69, 9.17) is 5.73 Å². The van der Waals surface area contributed by atoms with E-state index in [-0.39, 0.29) is 16.8 Å². The summed E-state index contributed by atoms with van der Waals surface area (Å²) in [6, 6.07) is 4.16. The molecule has 1 aromatic rings. The second-order valence-electron chi connectivity index (χ2n) is 3.93. The Labute approximate surface area is 103 Å². The zero-order chi connectivity index (χ0) is 13.9. The van der Waals surface area contributed by atoms with Crippen molar-refractivity contribution in [3.63, 3.8) is 0 Å². The molecular formula is C11H14N2O5. The molecule has 0 saturated heterocycles. The Morgan fingerprint density at radius 2 is 2.11 bits per heavy atom. The van der Waals surface area contributed by atoms with Gasteiger partial charge >= 0.3 is 0 Å². The fraction of sp³-hybridized carbons (Fsp3) is 0.364. The van der Waals surface area contributed by atoms with Crippen LogP contribution in [0.25, 0.3) is 0 Å². The summed E-state index contributed by atoms with van der Waals surface area (Å²) in [4.78, 5) is 20.8. The molecule has 4 N–H and O–H groups in total. The van der Waals surface area contributed by atoms with Gasteiger partial charge in [-0.3, -0.25) is 14.9 Å². The lowest BCUT2D eigenvalue weighted by Crippen LogP contribution is -2.26. The number of benzene rings is 1. The van der Waals surface area contributed by atoms with Crippen molar-refractivity contribution in [1.82, 2.24) is 0 Å². The van der Waals surface area contributed by atoms with Gasteiger partial charge in [-0.15, -0.1) is 0 Å². The summed E-state index contributed by atoms with van der Waals surface area (Å²) < 4.78 is 0. The number of nitro benzene ring substituents is 1. The number of amides is 1. The first-order valence-corrected chi connectivity index (χ1v) is 5.23. The first-order valence-electron chi connectivity index (χ1n) is 5.23. The fourth-order valence-electron chi connectivity index (χ4n) is 1.68. The zero-order valence-electron chi connectivity index (χ0n) is 9.74. The number of aliphatic hydroxyl groups is 2. The fourth-order valence-corrected chi connectivity index (χ4v) is 1.68. The molecule has 0 saturated carbocycles. The molecule has 0 radical (unpaired) electrons. The van der Waals surface area contributed by atoms with Crippen molar-refractivity contribution in [2.24, 2.45) is 5.73 Å². The molecule has 0 aliphatic carbocycles. The van der Waals surface area contributed by atoms with Gasteiger partial charge in [0.25, 0.3) is 5.69 Å². The third kappa shape index (κ3) is 3.02. The quantitative estimate of drug-likeness (QED) is 0.510. The molecule has 0 fully saturated rings. The maximum Gasteiger partial charge on any atom is 0.272 e. The van der Waals surface area contributed by atoms with Gasteiger partial charge in [0.15, 0.2) is 0 Å². The molecule has 1 rings (SSSR count). The molecule has 0 heterocycles. The van der Waals surface area contributed by atoms with Crippen molar-refractivity contribution in [1.29, 1.82) is 0 Å². The molecule has 98 valence electrons. The molecule has 0 spiro atoms. The number of carbonyl (C=O) groups is 1. The van der Waals surface area contributed by atoms with Crippen LogP contribution in [0.4, 0.5) is 5.69 Å². The summed E-state index contributed by atoms with van der Waals surface area (Å²) in [5.74, 6) is -0.760. The van der Waals surface area contributed by atoms with Gasteiger partial charge in [-0.2, -0.15) is 0 Å². The van der Waals surface area contributed by atoms with Gasteiger partial charge in [0, 0.05) is 11.6 Å². The molecule has 1 aromatic carbocycles. The van der Waals surface area contributed by atoms with E-state index in [1.807, 2.05) is 0 Å². The molecule has 0 aliphatic rings. The van der Waals surface area contributed by atoms with Crippen molar-refractivity contribution in [2.75, 3.05) is 0 Å². The minimum atomic E-state index is -1.39. The second kappa shape index (κ2) is 5.56. The van der Waals surface area contributed by atoms with E-state index in [1.165, 1.54) is 25.1 Å². The summed E-state index contributed by atoms with van der Waals surface area (Å²) in [6.45, 7) is 1.47. The highest BCUT2D eigenvalue weighted by molar-refractivity contribution is 5.74. The molecule has 7 nitrogen and oxygen atoms in total. The minimum absolute atomic E-state index is 0.155. The second-order valence-corrected chi connectivity index (χ2v) is 3.93. The zero-order valence-corrected chi connectivity index (χ0v) is 9.74.